The van der Waals surface area contributed by atoms with Crippen LogP contribution in [0.4, 0.5) is 9.59 Å². The Morgan fingerprint density at radius 1 is 0.864 bits per heavy atom. The molecule has 3 aliphatic heterocycles. The zero-order chi connectivity index (χ0) is 41.8. The quantitative estimate of drug-likeness (QED) is 0.148. The molecule has 1 spiro atoms. The van der Waals surface area contributed by atoms with Crippen molar-refractivity contribution >= 4 is 46.8 Å². The Bertz CT molecular complexity index is 2240. The molecule has 3 aliphatic rings. The number of methoxy groups -OCH3 is 2. The normalized spacial score (nSPS) is 19.7. The van der Waals surface area contributed by atoms with Gasteiger partial charge in [0.05, 0.1) is 48.1 Å². The minimum Gasteiger partial charge on any atom is -0.453 e. The van der Waals surface area contributed by atoms with E-state index in [9.17, 15) is 19.2 Å². The molecule has 7 rings (SSSR count). The Balaban J connectivity index is 1.05. The zero-order valence-electron chi connectivity index (χ0n) is 34.3. The Morgan fingerprint density at radius 2 is 1.51 bits per heavy atom. The zero-order valence-corrected chi connectivity index (χ0v) is 35.1. The number of nitrogens with one attached hydrogen (secondary N) is 4. The fraction of sp³-hybridized carbons (Fsp3) is 0.488. The monoisotopic (exact) mass is 824 g/mol. The second-order valence-electron chi connectivity index (χ2n) is 15.9. The van der Waals surface area contributed by atoms with Gasteiger partial charge in [-0.3, -0.25) is 9.59 Å². The van der Waals surface area contributed by atoms with Crippen LogP contribution in [0.15, 0.2) is 48.7 Å². The minimum atomic E-state index is -0.757. The molecule has 3 fully saturated rings. The number of imidazole rings is 2. The van der Waals surface area contributed by atoms with Crippen LogP contribution in [0.25, 0.3) is 22.3 Å². The number of ether oxygens (including phenoxy) is 3. The van der Waals surface area contributed by atoms with Gasteiger partial charge in [0.15, 0.2) is 0 Å². The summed E-state index contributed by atoms with van der Waals surface area (Å²) < 4.78 is 15.3. The van der Waals surface area contributed by atoms with E-state index in [1.54, 1.807) is 22.9 Å². The Kier molecular flexibility index (Phi) is 12.5. The number of hydrogen-bond acceptors (Lipinski definition) is 10. The summed E-state index contributed by atoms with van der Waals surface area (Å²) in [4.78, 5) is 71.9. The van der Waals surface area contributed by atoms with E-state index in [1.807, 2.05) is 75.1 Å². The first kappa shape index (κ1) is 41.6. The number of rotatable bonds is 9. The van der Waals surface area contributed by atoms with Crippen molar-refractivity contribution in [2.75, 3.05) is 39.7 Å². The van der Waals surface area contributed by atoms with Crippen molar-refractivity contribution in [1.29, 1.82) is 0 Å². The Hall–Kier alpha value is -5.53. The molecular formula is C43H52N8O7S. The molecule has 2 aromatic carbocycles. The number of thioether (sulfide) groups is 1. The number of benzene rings is 2. The van der Waals surface area contributed by atoms with Crippen molar-refractivity contribution in [3.63, 3.8) is 0 Å². The molecule has 4 amide bonds. The lowest BCUT2D eigenvalue weighted by atomic mass is 9.97. The lowest BCUT2D eigenvalue weighted by Crippen LogP contribution is -2.58. The summed E-state index contributed by atoms with van der Waals surface area (Å²) in [5.74, 6) is 8.01. The SMILES string of the molecule is COC(=O)N[C@H](C(=O)N1CCC[C@H]1c1nc2ccc(C#Cc3ccc(-c4cnc(C5CSC6(CCOCC6)N5C(=O)[C@@H](NC(=O)OC)C(C)C)[nH]4)cc3)cc2[nH]1)C(C)C. The molecule has 0 bridgehead atoms. The van der Waals surface area contributed by atoms with Crippen LogP contribution in [0.3, 0.4) is 0 Å². The minimum absolute atomic E-state index is 0.117. The summed E-state index contributed by atoms with van der Waals surface area (Å²) in [5.41, 5.74) is 5.01. The maximum Gasteiger partial charge on any atom is 0.407 e. The lowest BCUT2D eigenvalue weighted by Gasteiger charge is -2.44. The molecule has 59 heavy (non-hydrogen) atoms. The molecule has 0 saturated carbocycles. The molecular weight excluding hydrogens is 773 g/mol. The summed E-state index contributed by atoms with van der Waals surface area (Å²) in [6.07, 6.45) is 3.50. The number of aromatic nitrogens is 4. The molecule has 16 heteroatoms. The topological polar surface area (TPSA) is 184 Å². The van der Waals surface area contributed by atoms with E-state index in [4.69, 9.17) is 24.2 Å². The van der Waals surface area contributed by atoms with Gasteiger partial charge in [-0.15, -0.1) is 11.8 Å². The van der Waals surface area contributed by atoms with Crippen LogP contribution in [0.1, 0.15) is 88.2 Å². The van der Waals surface area contributed by atoms with Crippen LogP contribution >= 0.6 is 11.8 Å². The van der Waals surface area contributed by atoms with Crippen molar-refractivity contribution in [1.82, 2.24) is 40.4 Å². The number of carbonyl (C=O) groups excluding carboxylic acids is 4. The molecule has 4 N–H and O–H groups in total. The molecule has 3 saturated heterocycles. The maximum absolute atomic E-state index is 14.3. The lowest BCUT2D eigenvalue weighted by molar-refractivity contribution is -0.142. The van der Waals surface area contributed by atoms with Crippen molar-refractivity contribution in [3.8, 4) is 23.1 Å². The van der Waals surface area contributed by atoms with Crippen LogP contribution in [0, 0.1) is 23.7 Å². The predicted octanol–water partition coefficient (Wildman–Crippen LogP) is 5.90. The third kappa shape index (κ3) is 8.77. The molecule has 0 radical (unpaired) electrons. The highest BCUT2D eigenvalue weighted by Gasteiger charge is 2.53. The van der Waals surface area contributed by atoms with Crippen molar-refractivity contribution in [2.24, 2.45) is 11.8 Å². The summed E-state index contributed by atoms with van der Waals surface area (Å²) in [6, 6.07) is 11.7. The van der Waals surface area contributed by atoms with Gasteiger partial charge in [-0.1, -0.05) is 51.7 Å². The average molecular weight is 825 g/mol. The van der Waals surface area contributed by atoms with E-state index >= 15 is 0 Å². The molecule has 15 nitrogen and oxygen atoms in total. The smallest absolute Gasteiger partial charge is 0.407 e. The van der Waals surface area contributed by atoms with E-state index in [0.29, 0.717) is 50.0 Å². The number of carbonyl (C=O) groups is 4. The molecule has 312 valence electrons. The third-order valence-corrected chi connectivity index (χ3v) is 13.0. The van der Waals surface area contributed by atoms with Crippen molar-refractivity contribution in [3.05, 3.63) is 71.4 Å². The number of likely N-dealkylation sites (tertiary alicyclic amines) is 1. The molecule has 4 aromatic rings. The number of H-pyrrole nitrogens is 2. The van der Waals surface area contributed by atoms with Crippen molar-refractivity contribution in [2.45, 2.75) is 82.4 Å². The predicted molar refractivity (Wildman–Crippen MR) is 223 cm³/mol. The second-order valence-corrected chi connectivity index (χ2v) is 17.2. The van der Waals surface area contributed by atoms with E-state index < -0.39 is 29.1 Å². The fourth-order valence-corrected chi connectivity index (χ4v) is 9.72. The first-order valence-corrected chi connectivity index (χ1v) is 21.1. The van der Waals surface area contributed by atoms with Gasteiger partial charge in [-0.25, -0.2) is 19.6 Å². The van der Waals surface area contributed by atoms with Gasteiger partial charge >= 0.3 is 12.2 Å². The van der Waals surface area contributed by atoms with Crippen LogP contribution in [-0.2, 0) is 23.8 Å². The van der Waals surface area contributed by atoms with Crippen LogP contribution in [-0.4, -0.2) is 110 Å². The van der Waals surface area contributed by atoms with Crippen LogP contribution < -0.4 is 10.6 Å². The number of hydrogen-bond donors (Lipinski definition) is 4. The van der Waals surface area contributed by atoms with Gasteiger partial charge in [0.2, 0.25) is 11.8 Å². The van der Waals surface area contributed by atoms with E-state index in [0.717, 1.165) is 46.3 Å². The second kappa shape index (κ2) is 17.8. The molecule has 1 unspecified atom stereocenters. The van der Waals surface area contributed by atoms with Gasteiger partial charge in [-0.2, -0.15) is 0 Å². The largest absolute Gasteiger partial charge is 0.453 e. The van der Waals surface area contributed by atoms with E-state index in [1.165, 1.54) is 14.2 Å². The summed E-state index contributed by atoms with van der Waals surface area (Å²) in [6.45, 7) is 9.30. The number of aromatic amines is 2. The van der Waals surface area contributed by atoms with E-state index in [-0.39, 0.29) is 35.7 Å². The summed E-state index contributed by atoms with van der Waals surface area (Å²) in [5, 5.41) is 5.46. The van der Waals surface area contributed by atoms with Gasteiger partial charge in [0.1, 0.15) is 29.8 Å². The third-order valence-electron chi connectivity index (χ3n) is 11.4. The number of nitrogens with zero attached hydrogens (tertiary/aromatic N) is 4. The molecule has 4 atom stereocenters. The number of fused-ring (bicyclic) bond motifs is 1. The summed E-state index contributed by atoms with van der Waals surface area (Å²) >= 11 is 1.75. The first-order valence-electron chi connectivity index (χ1n) is 20.1. The summed E-state index contributed by atoms with van der Waals surface area (Å²) in [7, 11) is 2.58. The fourth-order valence-electron chi connectivity index (χ4n) is 8.13. The van der Waals surface area contributed by atoms with Gasteiger partial charge in [0.25, 0.3) is 0 Å². The van der Waals surface area contributed by atoms with Gasteiger partial charge < -0.3 is 44.6 Å². The molecule has 2 aromatic heterocycles. The first-order chi connectivity index (χ1) is 28.4. The Labute approximate surface area is 348 Å². The molecule has 0 aliphatic carbocycles. The number of alkyl carbamates (subject to hydrolysis) is 2. The number of amides is 4. The maximum atomic E-state index is 14.3. The van der Waals surface area contributed by atoms with E-state index in [2.05, 4.69) is 32.4 Å². The Morgan fingerprint density at radius 3 is 2.17 bits per heavy atom. The highest BCUT2D eigenvalue weighted by molar-refractivity contribution is 8.00. The highest BCUT2D eigenvalue weighted by Crippen LogP contribution is 2.51. The van der Waals surface area contributed by atoms with Crippen molar-refractivity contribution < 1.29 is 33.4 Å². The van der Waals surface area contributed by atoms with Gasteiger partial charge in [0, 0.05) is 49.5 Å². The molecule has 5 heterocycles. The van der Waals surface area contributed by atoms with Crippen LogP contribution in [0.2, 0.25) is 0 Å². The van der Waals surface area contributed by atoms with Gasteiger partial charge in [-0.05, 0) is 60.6 Å². The standard InChI is InChI=1S/C43H52N8O7S/c1-25(2)35(48-41(54)56-5)39(52)50-19-7-8-33(50)38-45-30-16-13-28(22-31(30)46-38)10-9-27-11-14-29(15-12-27)32-23-44-37(47-32)34-24-59-43(17-20-58-21-18-43)51(34)40(53)36(26(3)4)49-42(55)57-6/h11-16,22-23,25-26,33-36H,7-8,17-21,24H2,1-6H3,(H,44,47)(H,45,46)(H,48,54)(H,49,55)/t33-,34?,35-,36-/m0/s1. The average Bonchev–Trinajstić information content (AvgIpc) is 4.06. The highest BCUT2D eigenvalue weighted by atomic mass is 32.2. The van der Waals surface area contributed by atoms with Crippen LogP contribution in [0.5, 0.6) is 0 Å².